The van der Waals surface area contributed by atoms with Crippen molar-refractivity contribution in [3.63, 3.8) is 0 Å². The van der Waals surface area contributed by atoms with Crippen LogP contribution >= 0.6 is 0 Å². The predicted molar refractivity (Wildman–Crippen MR) is 87.1 cm³/mol. The Bertz CT molecular complexity index is 517. The van der Waals surface area contributed by atoms with Crippen molar-refractivity contribution in [3.8, 4) is 0 Å². The first-order chi connectivity index (χ1) is 11.1. The third-order valence-electron chi connectivity index (χ3n) is 4.43. The first-order valence-electron chi connectivity index (χ1n) is 8.26. The van der Waals surface area contributed by atoms with Gasteiger partial charge in [0.2, 0.25) is 0 Å². The van der Waals surface area contributed by atoms with E-state index in [1.54, 1.807) is 6.92 Å². The number of hydrogen-bond donors (Lipinski definition) is 1. The molecule has 2 unspecified atom stereocenters. The first kappa shape index (κ1) is 17.5. The van der Waals surface area contributed by atoms with Gasteiger partial charge in [0.25, 0.3) is 0 Å². The maximum absolute atomic E-state index is 11.8. The Hall–Kier alpha value is -1.88. The number of piperidine rings is 1. The van der Waals surface area contributed by atoms with Crippen molar-refractivity contribution in [2.45, 2.75) is 38.6 Å². The molecule has 1 aliphatic rings. The van der Waals surface area contributed by atoms with Crippen LogP contribution in [0.1, 0.15) is 31.7 Å². The molecule has 126 valence electrons. The molecule has 2 rings (SSSR count). The number of rotatable bonds is 7. The maximum atomic E-state index is 11.8. The summed E-state index contributed by atoms with van der Waals surface area (Å²) in [4.78, 5) is 25.1. The van der Waals surface area contributed by atoms with Crippen LogP contribution in [-0.2, 0) is 20.7 Å². The van der Waals surface area contributed by atoms with Crippen molar-refractivity contribution in [1.82, 2.24) is 4.90 Å². The summed E-state index contributed by atoms with van der Waals surface area (Å²) in [7, 11) is 0. The van der Waals surface area contributed by atoms with E-state index < -0.39 is 5.97 Å². The van der Waals surface area contributed by atoms with E-state index in [1.165, 1.54) is 5.56 Å². The molecule has 0 aliphatic carbocycles. The number of benzene rings is 1. The molecule has 1 N–H and O–H groups in total. The average molecular weight is 319 g/mol. The SMILES string of the molecule is CCOC(=O)CN1CCC(C(=O)O)CC1CCc1ccccc1. The average Bonchev–Trinajstić information content (AvgIpc) is 2.55. The van der Waals surface area contributed by atoms with Crippen molar-refractivity contribution in [3.05, 3.63) is 35.9 Å². The minimum atomic E-state index is -0.731. The standard InChI is InChI=1S/C18H25NO4/c1-2-23-17(20)13-19-11-10-15(18(21)22)12-16(19)9-8-14-6-4-3-5-7-14/h3-7,15-16H,2,8-13H2,1H3,(H,21,22). The molecule has 2 atom stereocenters. The number of esters is 1. The van der Waals surface area contributed by atoms with Crippen LogP contribution in [0.4, 0.5) is 0 Å². The van der Waals surface area contributed by atoms with E-state index in [1.807, 2.05) is 18.2 Å². The number of likely N-dealkylation sites (tertiary alicyclic amines) is 1. The summed E-state index contributed by atoms with van der Waals surface area (Å²) in [5.74, 6) is -1.27. The molecule has 1 fully saturated rings. The van der Waals surface area contributed by atoms with Crippen molar-refractivity contribution in [2.75, 3.05) is 19.7 Å². The molecule has 5 heteroatoms. The summed E-state index contributed by atoms with van der Waals surface area (Å²) < 4.78 is 5.03. The molecule has 1 saturated heterocycles. The van der Waals surface area contributed by atoms with E-state index in [2.05, 4.69) is 17.0 Å². The second kappa shape index (κ2) is 8.67. The highest BCUT2D eigenvalue weighted by atomic mass is 16.5. The summed E-state index contributed by atoms with van der Waals surface area (Å²) in [6.07, 6.45) is 2.93. The zero-order valence-corrected chi connectivity index (χ0v) is 13.6. The van der Waals surface area contributed by atoms with E-state index in [0.717, 1.165) is 12.8 Å². The van der Waals surface area contributed by atoms with Crippen LogP contribution < -0.4 is 0 Å². The molecule has 0 bridgehead atoms. The summed E-state index contributed by atoms with van der Waals surface area (Å²) in [5, 5.41) is 9.28. The maximum Gasteiger partial charge on any atom is 0.320 e. The molecule has 0 radical (unpaired) electrons. The minimum absolute atomic E-state index is 0.106. The lowest BCUT2D eigenvalue weighted by Gasteiger charge is -2.37. The Kier molecular flexibility index (Phi) is 6.59. The molecule has 0 saturated carbocycles. The van der Waals surface area contributed by atoms with Gasteiger partial charge in [0, 0.05) is 6.04 Å². The monoisotopic (exact) mass is 319 g/mol. The van der Waals surface area contributed by atoms with Crippen LogP contribution in [0.3, 0.4) is 0 Å². The normalized spacial score (nSPS) is 21.8. The Labute approximate surface area is 137 Å². The van der Waals surface area contributed by atoms with Crippen LogP contribution in [-0.4, -0.2) is 47.7 Å². The van der Waals surface area contributed by atoms with Crippen molar-refractivity contribution in [2.24, 2.45) is 5.92 Å². The van der Waals surface area contributed by atoms with Gasteiger partial charge >= 0.3 is 11.9 Å². The molecular weight excluding hydrogens is 294 g/mol. The van der Waals surface area contributed by atoms with Gasteiger partial charge in [-0.1, -0.05) is 30.3 Å². The molecule has 23 heavy (non-hydrogen) atoms. The molecule has 1 aromatic rings. The fourth-order valence-electron chi connectivity index (χ4n) is 3.18. The van der Waals surface area contributed by atoms with Crippen LogP contribution in [0.2, 0.25) is 0 Å². The number of aryl methyl sites for hydroxylation is 1. The van der Waals surface area contributed by atoms with E-state index in [-0.39, 0.29) is 24.5 Å². The number of carboxylic acid groups (broad SMARTS) is 1. The van der Waals surface area contributed by atoms with Gasteiger partial charge in [-0.05, 0) is 44.7 Å². The quantitative estimate of drug-likeness (QED) is 0.781. The molecular formula is C18H25NO4. The lowest BCUT2D eigenvalue weighted by Crippen LogP contribution is -2.47. The van der Waals surface area contributed by atoms with Gasteiger partial charge in [0.15, 0.2) is 0 Å². The van der Waals surface area contributed by atoms with Crippen molar-refractivity contribution in [1.29, 1.82) is 0 Å². The fraction of sp³-hybridized carbons (Fsp3) is 0.556. The van der Waals surface area contributed by atoms with Crippen LogP contribution in [0, 0.1) is 5.92 Å². The molecule has 0 aromatic heterocycles. The molecule has 0 amide bonds. The topological polar surface area (TPSA) is 66.8 Å². The van der Waals surface area contributed by atoms with Crippen molar-refractivity contribution < 1.29 is 19.4 Å². The largest absolute Gasteiger partial charge is 0.481 e. The summed E-state index contributed by atoms with van der Waals surface area (Å²) in [6.45, 7) is 3.05. The highest BCUT2D eigenvalue weighted by Crippen LogP contribution is 2.26. The fourth-order valence-corrected chi connectivity index (χ4v) is 3.18. The van der Waals surface area contributed by atoms with Gasteiger partial charge in [-0.15, -0.1) is 0 Å². The summed E-state index contributed by atoms with van der Waals surface area (Å²) >= 11 is 0. The predicted octanol–water partition coefficient (Wildman–Crippen LogP) is 2.35. The van der Waals surface area contributed by atoms with E-state index in [0.29, 0.717) is 26.0 Å². The lowest BCUT2D eigenvalue weighted by molar-refractivity contribution is -0.147. The number of carbonyl (C=O) groups is 2. The van der Waals surface area contributed by atoms with E-state index in [4.69, 9.17) is 4.74 Å². The Morgan fingerprint density at radius 1 is 1.30 bits per heavy atom. The third kappa shape index (κ3) is 5.36. The number of aliphatic carboxylic acids is 1. The van der Waals surface area contributed by atoms with Crippen LogP contribution in [0.15, 0.2) is 30.3 Å². The second-order valence-corrected chi connectivity index (χ2v) is 6.01. The number of carboxylic acids is 1. The van der Waals surface area contributed by atoms with Gasteiger partial charge in [0.05, 0.1) is 19.1 Å². The minimum Gasteiger partial charge on any atom is -0.481 e. The Morgan fingerprint density at radius 2 is 2.04 bits per heavy atom. The highest BCUT2D eigenvalue weighted by molar-refractivity contribution is 5.72. The smallest absolute Gasteiger partial charge is 0.320 e. The van der Waals surface area contributed by atoms with Crippen molar-refractivity contribution >= 4 is 11.9 Å². The second-order valence-electron chi connectivity index (χ2n) is 6.01. The van der Waals surface area contributed by atoms with Crippen LogP contribution in [0.25, 0.3) is 0 Å². The van der Waals surface area contributed by atoms with E-state index >= 15 is 0 Å². The number of hydrogen-bond acceptors (Lipinski definition) is 4. The lowest BCUT2D eigenvalue weighted by atomic mass is 9.88. The first-order valence-corrected chi connectivity index (χ1v) is 8.26. The number of ether oxygens (including phenoxy) is 1. The number of carbonyl (C=O) groups excluding carboxylic acids is 1. The highest BCUT2D eigenvalue weighted by Gasteiger charge is 2.33. The zero-order valence-electron chi connectivity index (χ0n) is 13.6. The molecule has 1 heterocycles. The summed E-state index contributed by atoms with van der Waals surface area (Å²) in [5.41, 5.74) is 1.24. The van der Waals surface area contributed by atoms with Gasteiger partial charge in [-0.2, -0.15) is 0 Å². The Balaban J connectivity index is 1.97. The molecule has 1 aromatic carbocycles. The van der Waals surface area contributed by atoms with Gasteiger partial charge in [0.1, 0.15) is 0 Å². The Morgan fingerprint density at radius 3 is 2.70 bits per heavy atom. The van der Waals surface area contributed by atoms with Crippen LogP contribution in [0.5, 0.6) is 0 Å². The number of nitrogens with zero attached hydrogens (tertiary/aromatic N) is 1. The van der Waals surface area contributed by atoms with E-state index in [9.17, 15) is 14.7 Å². The molecule has 1 aliphatic heterocycles. The zero-order chi connectivity index (χ0) is 16.7. The molecule has 0 spiro atoms. The third-order valence-corrected chi connectivity index (χ3v) is 4.43. The summed E-state index contributed by atoms with van der Waals surface area (Å²) in [6, 6.07) is 10.3. The van der Waals surface area contributed by atoms with Gasteiger partial charge in [-0.3, -0.25) is 14.5 Å². The van der Waals surface area contributed by atoms with Gasteiger partial charge < -0.3 is 9.84 Å². The van der Waals surface area contributed by atoms with Gasteiger partial charge in [-0.25, -0.2) is 0 Å². The molecule has 5 nitrogen and oxygen atoms in total.